The number of aromatic nitrogens is 1. The van der Waals surface area contributed by atoms with Crippen LogP contribution in [0.4, 0.5) is 5.82 Å². The van der Waals surface area contributed by atoms with Crippen LogP contribution in [0.3, 0.4) is 0 Å². The van der Waals surface area contributed by atoms with Gasteiger partial charge in [-0.2, -0.15) is 17.0 Å². The minimum Gasteiger partial charge on any atom is -0.310 e. The van der Waals surface area contributed by atoms with Crippen molar-refractivity contribution in [2.45, 2.75) is 32.1 Å². The monoisotopic (exact) mass is 430 g/mol. The molecule has 1 aromatic heterocycles. The summed E-state index contributed by atoms with van der Waals surface area (Å²) in [6.45, 7) is 1.89. The third-order valence-electron chi connectivity index (χ3n) is 4.70. The molecule has 7 nitrogen and oxygen atoms in total. The van der Waals surface area contributed by atoms with Crippen molar-refractivity contribution in [3.05, 3.63) is 22.8 Å². The van der Waals surface area contributed by atoms with Gasteiger partial charge in [0.25, 0.3) is 10.2 Å². The van der Waals surface area contributed by atoms with Gasteiger partial charge in [0.2, 0.25) is 5.91 Å². The van der Waals surface area contributed by atoms with Gasteiger partial charge < -0.3 is 5.32 Å². The van der Waals surface area contributed by atoms with E-state index >= 15 is 0 Å². The van der Waals surface area contributed by atoms with Crippen molar-refractivity contribution in [2.24, 2.45) is 5.92 Å². The van der Waals surface area contributed by atoms with E-state index < -0.39 is 10.2 Å². The maximum absolute atomic E-state index is 12.8. The molecule has 25 heavy (non-hydrogen) atoms. The summed E-state index contributed by atoms with van der Waals surface area (Å²) in [6, 6.07) is 3.52. The van der Waals surface area contributed by atoms with Crippen LogP contribution in [-0.2, 0) is 15.0 Å². The zero-order chi connectivity index (χ0) is 17.9. The standard InChI is InChI=1S/C16H23BrN4O3S/c17-14-6-7-15(18-11-14)19-16(22)13-5-4-10-21(12-13)25(23,24)20-8-2-1-3-9-20/h6-7,11,13H,1-5,8-10,12H2,(H,18,19,22)/t13-/m0/s1. The van der Waals surface area contributed by atoms with E-state index in [1.807, 2.05) is 0 Å². The van der Waals surface area contributed by atoms with Crippen LogP contribution in [0.25, 0.3) is 0 Å². The fourth-order valence-electron chi connectivity index (χ4n) is 3.30. The fraction of sp³-hybridized carbons (Fsp3) is 0.625. The van der Waals surface area contributed by atoms with Gasteiger partial charge in [-0.15, -0.1) is 0 Å². The van der Waals surface area contributed by atoms with Crippen LogP contribution in [-0.4, -0.2) is 54.1 Å². The van der Waals surface area contributed by atoms with Crippen LogP contribution in [0.1, 0.15) is 32.1 Å². The predicted octanol–water partition coefficient (Wildman–Crippen LogP) is 2.23. The van der Waals surface area contributed by atoms with Gasteiger partial charge in [0.15, 0.2) is 0 Å². The second-order valence-electron chi connectivity index (χ2n) is 6.52. The molecule has 0 aromatic carbocycles. The Morgan fingerprint density at radius 3 is 2.52 bits per heavy atom. The summed E-state index contributed by atoms with van der Waals surface area (Å²) in [6.07, 6.45) is 5.90. The first-order chi connectivity index (χ1) is 12.0. The number of anilines is 1. The molecular weight excluding hydrogens is 408 g/mol. The Labute approximate surface area is 157 Å². The topological polar surface area (TPSA) is 82.6 Å². The number of nitrogens with zero attached hydrogens (tertiary/aromatic N) is 3. The molecule has 0 unspecified atom stereocenters. The largest absolute Gasteiger partial charge is 0.310 e. The third-order valence-corrected chi connectivity index (χ3v) is 7.17. The summed E-state index contributed by atoms with van der Waals surface area (Å²) in [4.78, 5) is 16.6. The van der Waals surface area contributed by atoms with E-state index in [1.165, 1.54) is 4.31 Å². The molecule has 2 fully saturated rings. The van der Waals surface area contributed by atoms with Crippen molar-refractivity contribution in [3.63, 3.8) is 0 Å². The Balaban J connectivity index is 1.63. The zero-order valence-electron chi connectivity index (χ0n) is 14.0. The molecule has 1 atom stereocenters. The molecule has 2 aliphatic heterocycles. The molecular formula is C16H23BrN4O3S. The summed E-state index contributed by atoms with van der Waals surface area (Å²) < 4.78 is 29.5. The first-order valence-electron chi connectivity index (χ1n) is 8.64. The van der Waals surface area contributed by atoms with Crippen molar-refractivity contribution >= 4 is 37.9 Å². The summed E-state index contributed by atoms with van der Waals surface area (Å²) in [5.74, 6) is -0.0451. The Morgan fingerprint density at radius 1 is 1.12 bits per heavy atom. The van der Waals surface area contributed by atoms with Crippen LogP contribution in [0.15, 0.2) is 22.8 Å². The Morgan fingerprint density at radius 2 is 1.84 bits per heavy atom. The molecule has 138 valence electrons. The Hall–Kier alpha value is -1.03. The van der Waals surface area contributed by atoms with Crippen molar-refractivity contribution < 1.29 is 13.2 Å². The van der Waals surface area contributed by atoms with Crippen molar-refractivity contribution in [2.75, 3.05) is 31.5 Å². The van der Waals surface area contributed by atoms with Gasteiger partial charge in [0.1, 0.15) is 5.82 Å². The van der Waals surface area contributed by atoms with Crippen LogP contribution in [0, 0.1) is 5.92 Å². The molecule has 9 heteroatoms. The number of rotatable bonds is 4. The van der Waals surface area contributed by atoms with Crippen molar-refractivity contribution in [1.29, 1.82) is 0 Å². The summed E-state index contributed by atoms with van der Waals surface area (Å²) in [7, 11) is -3.47. The molecule has 3 rings (SSSR count). The van der Waals surface area contributed by atoms with E-state index in [-0.39, 0.29) is 18.4 Å². The minimum atomic E-state index is -3.47. The SMILES string of the molecule is O=C(Nc1ccc(Br)cn1)[C@H]1CCCN(S(=O)(=O)N2CCCCC2)C1. The number of halogens is 1. The number of amides is 1. The summed E-state index contributed by atoms with van der Waals surface area (Å²) in [5.41, 5.74) is 0. The Bertz CT molecular complexity index is 705. The van der Waals surface area contributed by atoms with Gasteiger partial charge in [0, 0.05) is 36.8 Å². The normalized spacial score (nSPS) is 23.3. The van der Waals surface area contributed by atoms with Gasteiger partial charge in [-0.3, -0.25) is 4.79 Å². The number of nitrogens with one attached hydrogen (secondary N) is 1. The van der Waals surface area contributed by atoms with Gasteiger partial charge in [-0.05, 0) is 53.7 Å². The quantitative estimate of drug-likeness (QED) is 0.793. The lowest BCUT2D eigenvalue weighted by molar-refractivity contribution is -0.120. The van der Waals surface area contributed by atoms with Crippen LogP contribution < -0.4 is 5.32 Å². The van der Waals surface area contributed by atoms with E-state index in [1.54, 1.807) is 22.6 Å². The van der Waals surface area contributed by atoms with Crippen molar-refractivity contribution in [3.8, 4) is 0 Å². The fourth-order valence-corrected chi connectivity index (χ4v) is 5.31. The maximum atomic E-state index is 12.8. The highest BCUT2D eigenvalue weighted by Crippen LogP contribution is 2.24. The number of pyridine rings is 1. The molecule has 0 bridgehead atoms. The average molecular weight is 431 g/mol. The van der Waals surface area contributed by atoms with Crippen LogP contribution in [0.5, 0.6) is 0 Å². The van der Waals surface area contributed by atoms with Gasteiger partial charge in [-0.25, -0.2) is 4.98 Å². The lowest BCUT2D eigenvalue weighted by Gasteiger charge is -2.36. The molecule has 0 aliphatic carbocycles. The maximum Gasteiger partial charge on any atom is 0.281 e. The number of carbonyl (C=O) groups excluding carboxylic acids is 1. The molecule has 2 aliphatic rings. The highest BCUT2D eigenvalue weighted by atomic mass is 79.9. The molecule has 1 aromatic rings. The second kappa shape index (κ2) is 8.11. The molecule has 1 N–H and O–H groups in total. The zero-order valence-corrected chi connectivity index (χ0v) is 16.4. The van der Waals surface area contributed by atoms with E-state index in [9.17, 15) is 13.2 Å². The molecule has 0 radical (unpaired) electrons. The number of hydrogen-bond acceptors (Lipinski definition) is 4. The molecule has 0 spiro atoms. The highest BCUT2D eigenvalue weighted by Gasteiger charge is 2.36. The van der Waals surface area contributed by atoms with Crippen LogP contribution in [0.2, 0.25) is 0 Å². The van der Waals surface area contributed by atoms with E-state index in [2.05, 4.69) is 26.2 Å². The highest BCUT2D eigenvalue weighted by molar-refractivity contribution is 9.10. The van der Waals surface area contributed by atoms with Gasteiger partial charge in [0.05, 0.1) is 5.92 Å². The number of hydrogen-bond donors (Lipinski definition) is 1. The van der Waals surface area contributed by atoms with Gasteiger partial charge in [-0.1, -0.05) is 6.42 Å². The molecule has 0 saturated carbocycles. The Kier molecular flexibility index (Phi) is 6.08. The second-order valence-corrected chi connectivity index (χ2v) is 9.36. The summed E-state index contributed by atoms with van der Waals surface area (Å²) in [5, 5.41) is 2.78. The molecule has 1 amide bonds. The number of carbonyl (C=O) groups is 1. The molecule has 2 saturated heterocycles. The minimum absolute atomic E-state index is 0.173. The molecule has 3 heterocycles. The van der Waals surface area contributed by atoms with Gasteiger partial charge >= 0.3 is 0 Å². The van der Waals surface area contributed by atoms with E-state index in [0.717, 1.165) is 23.7 Å². The predicted molar refractivity (Wildman–Crippen MR) is 99.2 cm³/mol. The summed E-state index contributed by atoms with van der Waals surface area (Å²) >= 11 is 3.30. The van der Waals surface area contributed by atoms with E-state index in [0.29, 0.717) is 38.3 Å². The first kappa shape index (κ1) is 18.8. The smallest absolute Gasteiger partial charge is 0.281 e. The van der Waals surface area contributed by atoms with Crippen LogP contribution >= 0.6 is 15.9 Å². The van der Waals surface area contributed by atoms with Crippen molar-refractivity contribution in [1.82, 2.24) is 13.6 Å². The lowest BCUT2D eigenvalue weighted by Crippen LogP contribution is -2.50. The lowest BCUT2D eigenvalue weighted by atomic mass is 9.99. The third kappa shape index (κ3) is 4.58. The number of piperidine rings is 2. The van der Waals surface area contributed by atoms with E-state index in [4.69, 9.17) is 0 Å². The average Bonchev–Trinajstić information content (AvgIpc) is 2.64. The first-order valence-corrected chi connectivity index (χ1v) is 10.8.